The molecule has 140 valence electrons. The van der Waals surface area contributed by atoms with E-state index >= 15 is 0 Å². The Morgan fingerprint density at radius 2 is 1.89 bits per heavy atom. The molecule has 7 nitrogen and oxygen atoms in total. The summed E-state index contributed by atoms with van der Waals surface area (Å²) in [7, 11) is 0. The van der Waals surface area contributed by atoms with E-state index < -0.39 is 5.97 Å². The van der Waals surface area contributed by atoms with Crippen LogP contribution in [0.1, 0.15) is 48.8 Å². The smallest absolute Gasteiger partial charge is 0.340 e. The van der Waals surface area contributed by atoms with Crippen molar-refractivity contribution < 1.29 is 14.3 Å². The molecular weight excluding hydrogens is 344 g/mol. The van der Waals surface area contributed by atoms with E-state index in [1.807, 2.05) is 51.1 Å². The molecule has 2 aromatic heterocycles. The maximum absolute atomic E-state index is 12.2. The van der Waals surface area contributed by atoms with Crippen LogP contribution in [-0.2, 0) is 9.53 Å². The van der Waals surface area contributed by atoms with Gasteiger partial charge in [0.25, 0.3) is 5.91 Å². The van der Waals surface area contributed by atoms with Crippen molar-refractivity contribution in [2.24, 2.45) is 0 Å². The maximum Gasteiger partial charge on any atom is 0.340 e. The zero-order valence-corrected chi connectivity index (χ0v) is 15.5. The number of hydrogen-bond acceptors (Lipinski definition) is 5. The average molecular weight is 366 g/mol. The molecule has 1 unspecified atom stereocenters. The lowest BCUT2D eigenvalue weighted by atomic mass is 10.1. The fraction of sp³-hybridized carbons (Fsp3) is 0.300. The van der Waals surface area contributed by atoms with Gasteiger partial charge in [-0.2, -0.15) is 5.10 Å². The lowest BCUT2D eigenvalue weighted by Crippen LogP contribution is -2.31. The predicted molar refractivity (Wildman–Crippen MR) is 101 cm³/mol. The molecule has 0 radical (unpaired) electrons. The van der Waals surface area contributed by atoms with E-state index in [4.69, 9.17) is 4.74 Å². The minimum Gasteiger partial charge on any atom is -0.452 e. The first-order valence-electron chi connectivity index (χ1n) is 8.80. The van der Waals surface area contributed by atoms with Crippen molar-refractivity contribution in [1.29, 1.82) is 0 Å². The van der Waals surface area contributed by atoms with Crippen molar-refractivity contribution in [3.05, 3.63) is 59.9 Å². The molecule has 7 heteroatoms. The van der Waals surface area contributed by atoms with Gasteiger partial charge in [0.1, 0.15) is 0 Å². The summed E-state index contributed by atoms with van der Waals surface area (Å²) in [6.07, 6.45) is 3.10. The molecule has 0 fully saturated rings. The molecule has 3 aromatic rings. The topological polar surface area (TPSA) is 86.1 Å². The number of hydrogen-bond donors (Lipinski definition) is 1. The minimum absolute atomic E-state index is 0.169. The van der Waals surface area contributed by atoms with Crippen LogP contribution < -0.4 is 5.32 Å². The van der Waals surface area contributed by atoms with Crippen LogP contribution in [0, 0.1) is 0 Å². The van der Waals surface area contributed by atoms with Gasteiger partial charge >= 0.3 is 5.97 Å². The molecule has 0 aliphatic carbocycles. The molecule has 0 saturated heterocycles. The third-order valence-corrected chi connectivity index (χ3v) is 4.17. The Morgan fingerprint density at radius 3 is 2.59 bits per heavy atom. The fourth-order valence-corrected chi connectivity index (χ4v) is 2.75. The van der Waals surface area contributed by atoms with Gasteiger partial charge in [-0.15, -0.1) is 0 Å². The Balaban J connectivity index is 1.59. The van der Waals surface area contributed by atoms with Gasteiger partial charge < -0.3 is 10.1 Å². The number of ether oxygens (including phenoxy) is 1. The summed E-state index contributed by atoms with van der Waals surface area (Å²) in [5.41, 5.74) is 1.97. The van der Waals surface area contributed by atoms with Gasteiger partial charge in [-0.1, -0.05) is 30.3 Å². The summed E-state index contributed by atoms with van der Waals surface area (Å²) in [6.45, 7) is 5.54. The molecule has 0 aliphatic rings. The van der Waals surface area contributed by atoms with Gasteiger partial charge in [0.15, 0.2) is 12.3 Å². The van der Waals surface area contributed by atoms with Crippen LogP contribution >= 0.6 is 0 Å². The molecule has 0 bridgehead atoms. The van der Waals surface area contributed by atoms with Crippen molar-refractivity contribution in [2.75, 3.05) is 6.61 Å². The molecule has 1 N–H and O–H groups in total. The van der Waals surface area contributed by atoms with E-state index in [0.29, 0.717) is 5.65 Å². The predicted octanol–water partition coefficient (Wildman–Crippen LogP) is 3.05. The van der Waals surface area contributed by atoms with Crippen LogP contribution in [0.5, 0.6) is 0 Å². The van der Waals surface area contributed by atoms with Gasteiger partial charge in [-0.3, -0.25) is 4.79 Å². The quantitative estimate of drug-likeness (QED) is 0.678. The summed E-state index contributed by atoms with van der Waals surface area (Å²) in [4.78, 5) is 28.6. The first kappa shape index (κ1) is 18.6. The lowest BCUT2D eigenvalue weighted by molar-refractivity contribution is -0.124. The summed E-state index contributed by atoms with van der Waals surface area (Å²) in [5.74, 6) is -0.953. The molecule has 1 aromatic carbocycles. The van der Waals surface area contributed by atoms with Gasteiger partial charge in [-0.05, 0) is 32.4 Å². The second-order valence-electron chi connectivity index (χ2n) is 6.60. The first-order valence-corrected chi connectivity index (χ1v) is 8.80. The normalized spacial score (nSPS) is 12.1. The van der Waals surface area contributed by atoms with E-state index in [-0.39, 0.29) is 30.2 Å². The van der Waals surface area contributed by atoms with Gasteiger partial charge in [0, 0.05) is 17.6 Å². The first-order chi connectivity index (χ1) is 13.0. The summed E-state index contributed by atoms with van der Waals surface area (Å²) in [6, 6.07) is 11.2. The van der Waals surface area contributed by atoms with Crippen molar-refractivity contribution in [3.63, 3.8) is 0 Å². The molecule has 1 atom stereocenters. The number of amides is 1. The Hall–Kier alpha value is -3.22. The second-order valence-corrected chi connectivity index (χ2v) is 6.60. The number of aromatic nitrogens is 3. The van der Waals surface area contributed by atoms with Gasteiger partial charge in [0.05, 0.1) is 17.8 Å². The number of nitrogens with zero attached hydrogens (tertiary/aromatic N) is 3. The Labute approximate surface area is 157 Å². The van der Waals surface area contributed by atoms with Crippen molar-refractivity contribution in [1.82, 2.24) is 20.1 Å². The number of fused-ring (bicyclic) bond motifs is 1. The highest BCUT2D eigenvalue weighted by atomic mass is 16.5. The monoisotopic (exact) mass is 366 g/mol. The van der Waals surface area contributed by atoms with Crippen LogP contribution in [0.4, 0.5) is 0 Å². The molecule has 3 rings (SSSR count). The van der Waals surface area contributed by atoms with Gasteiger partial charge in [-0.25, -0.2) is 14.5 Å². The van der Waals surface area contributed by atoms with Crippen LogP contribution in [0.25, 0.3) is 11.0 Å². The minimum atomic E-state index is -0.593. The van der Waals surface area contributed by atoms with Crippen molar-refractivity contribution in [2.45, 2.75) is 32.9 Å². The third kappa shape index (κ3) is 4.31. The Morgan fingerprint density at radius 1 is 1.15 bits per heavy atom. The van der Waals surface area contributed by atoms with Crippen molar-refractivity contribution >= 4 is 22.9 Å². The highest BCUT2D eigenvalue weighted by molar-refractivity contribution is 5.94. The Kier molecular flexibility index (Phi) is 5.49. The van der Waals surface area contributed by atoms with Crippen LogP contribution in [0.15, 0.2) is 48.8 Å². The van der Waals surface area contributed by atoms with Gasteiger partial charge in [0.2, 0.25) is 0 Å². The zero-order chi connectivity index (χ0) is 19.4. The van der Waals surface area contributed by atoms with Crippen LogP contribution in [0.2, 0.25) is 0 Å². The maximum atomic E-state index is 12.2. The highest BCUT2D eigenvalue weighted by Gasteiger charge is 2.15. The molecule has 1 amide bonds. The average Bonchev–Trinajstić information content (AvgIpc) is 3.10. The van der Waals surface area contributed by atoms with E-state index in [0.717, 1.165) is 10.9 Å². The third-order valence-electron chi connectivity index (χ3n) is 4.17. The standard InChI is InChI=1S/C20H22N4O3/c1-13(2)24-19-16(11-22-24)9-17(10-21-19)20(26)27-12-18(25)23-14(3)15-7-5-4-6-8-15/h4-11,13-14H,12H2,1-3H3,(H,23,25). The molecule has 27 heavy (non-hydrogen) atoms. The molecule has 0 saturated carbocycles. The van der Waals surface area contributed by atoms with E-state index in [9.17, 15) is 9.59 Å². The van der Waals surface area contributed by atoms with Crippen LogP contribution in [-0.4, -0.2) is 33.2 Å². The number of rotatable bonds is 6. The number of benzene rings is 1. The zero-order valence-electron chi connectivity index (χ0n) is 15.5. The second kappa shape index (κ2) is 7.99. The number of esters is 1. The van der Waals surface area contributed by atoms with Crippen molar-refractivity contribution in [3.8, 4) is 0 Å². The van der Waals surface area contributed by atoms with E-state index in [2.05, 4.69) is 15.4 Å². The number of carbonyl (C=O) groups is 2. The SMILES string of the molecule is CC(NC(=O)COC(=O)c1cnc2c(cnn2C(C)C)c1)c1ccccc1. The van der Waals surface area contributed by atoms with E-state index in [1.54, 1.807) is 16.9 Å². The summed E-state index contributed by atoms with van der Waals surface area (Å²) < 4.78 is 6.89. The molecular formula is C20H22N4O3. The summed E-state index contributed by atoms with van der Waals surface area (Å²) >= 11 is 0. The molecule has 0 aliphatic heterocycles. The number of pyridine rings is 1. The Bertz CT molecular complexity index is 950. The van der Waals surface area contributed by atoms with Crippen LogP contribution in [0.3, 0.4) is 0 Å². The fourth-order valence-electron chi connectivity index (χ4n) is 2.75. The molecule has 2 heterocycles. The largest absolute Gasteiger partial charge is 0.452 e. The number of nitrogens with one attached hydrogen (secondary N) is 1. The highest BCUT2D eigenvalue weighted by Crippen LogP contribution is 2.17. The number of carbonyl (C=O) groups excluding carboxylic acids is 2. The lowest BCUT2D eigenvalue weighted by Gasteiger charge is -2.14. The summed E-state index contributed by atoms with van der Waals surface area (Å²) in [5, 5.41) is 7.82. The molecule has 0 spiro atoms. The van der Waals surface area contributed by atoms with E-state index in [1.165, 1.54) is 6.20 Å².